The molecule has 1 aliphatic rings. The maximum atomic E-state index is 12.2. The number of hydrazine groups is 1. The molecular weight excluding hydrogens is 348 g/mol. The highest BCUT2D eigenvalue weighted by Crippen LogP contribution is 2.21. The van der Waals surface area contributed by atoms with E-state index in [-0.39, 0.29) is 0 Å². The number of benzene rings is 2. The number of hydrogen-bond donors (Lipinski definition) is 3. The molecule has 8 heteroatoms. The Morgan fingerprint density at radius 1 is 0.963 bits per heavy atom. The van der Waals surface area contributed by atoms with Crippen LogP contribution >= 0.6 is 0 Å². The van der Waals surface area contributed by atoms with Crippen molar-refractivity contribution in [1.29, 1.82) is 0 Å². The minimum Gasteiger partial charge on any atom is -0.457 e. The molecule has 2 aromatic rings. The number of nitrogens with two attached hydrogens (primary N) is 1. The zero-order chi connectivity index (χ0) is 19.2. The zero-order valence-electron chi connectivity index (χ0n) is 14.6. The van der Waals surface area contributed by atoms with Gasteiger partial charge < -0.3 is 15.4 Å². The van der Waals surface area contributed by atoms with Gasteiger partial charge in [-0.1, -0.05) is 18.2 Å². The summed E-state index contributed by atoms with van der Waals surface area (Å²) in [5, 5.41) is 0. The second-order valence-corrected chi connectivity index (χ2v) is 6.08. The van der Waals surface area contributed by atoms with E-state index >= 15 is 0 Å². The summed E-state index contributed by atoms with van der Waals surface area (Å²) >= 11 is 0. The summed E-state index contributed by atoms with van der Waals surface area (Å²) in [5.41, 5.74) is 10.3. The standard InChI is InChI=1S/C19H20N4O4/c20-17(24)16-7-4-12-23(16)19(26)22-21-18(25)13-8-10-15(11-9-13)27-14-5-2-1-3-6-14/h1-3,5-6,8-11,16H,4,7,12H2,(H2,20,24)(H,21,25)(H,22,26). The SMILES string of the molecule is NC(=O)C1CCCN1C(=O)NNC(=O)c1ccc(Oc2ccccc2)cc1. The predicted molar refractivity (Wildman–Crippen MR) is 97.9 cm³/mol. The van der Waals surface area contributed by atoms with E-state index in [2.05, 4.69) is 10.9 Å². The summed E-state index contributed by atoms with van der Waals surface area (Å²) in [6.45, 7) is 0.417. The molecule has 1 unspecified atom stereocenters. The molecule has 0 spiro atoms. The summed E-state index contributed by atoms with van der Waals surface area (Å²) in [6.07, 6.45) is 1.22. The van der Waals surface area contributed by atoms with E-state index < -0.39 is 23.9 Å². The van der Waals surface area contributed by atoms with E-state index in [1.807, 2.05) is 30.3 Å². The Balaban J connectivity index is 1.53. The maximum absolute atomic E-state index is 12.2. The number of carbonyl (C=O) groups is 3. The van der Waals surface area contributed by atoms with Crippen molar-refractivity contribution in [2.75, 3.05) is 6.54 Å². The van der Waals surface area contributed by atoms with E-state index in [1.54, 1.807) is 24.3 Å². The van der Waals surface area contributed by atoms with Gasteiger partial charge in [0, 0.05) is 12.1 Å². The molecule has 3 rings (SSSR count). The fourth-order valence-electron chi connectivity index (χ4n) is 2.86. The van der Waals surface area contributed by atoms with Crippen molar-refractivity contribution in [3.8, 4) is 11.5 Å². The average molecular weight is 368 g/mol. The molecule has 27 heavy (non-hydrogen) atoms. The van der Waals surface area contributed by atoms with Gasteiger partial charge in [0.15, 0.2) is 0 Å². The highest BCUT2D eigenvalue weighted by Gasteiger charge is 2.32. The van der Waals surface area contributed by atoms with Crippen LogP contribution < -0.4 is 21.3 Å². The first-order chi connectivity index (χ1) is 13.0. The van der Waals surface area contributed by atoms with Crippen LogP contribution in [-0.2, 0) is 4.79 Å². The number of nitrogens with one attached hydrogen (secondary N) is 2. The van der Waals surface area contributed by atoms with E-state index in [9.17, 15) is 14.4 Å². The number of primary amides is 1. The second-order valence-electron chi connectivity index (χ2n) is 6.08. The van der Waals surface area contributed by atoms with Crippen LogP contribution in [0.1, 0.15) is 23.2 Å². The molecule has 4 N–H and O–H groups in total. The van der Waals surface area contributed by atoms with Crippen LogP contribution in [0.4, 0.5) is 4.79 Å². The summed E-state index contributed by atoms with van der Waals surface area (Å²) < 4.78 is 5.66. The average Bonchev–Trinajstić information content (AvgIpc) is 3.17. The number of urea groups is 1. The van der Waals surface area contributed by atoms with E-state index in [1.165, 1.54) is 4.90 Å². The number of likely N-dealkylation sites (tertiary alicyclic amines) is 1. The van der Waals surface area contributed by atoms with Gasteiger partial charge in [-0.2, -0.15) is 0 Å². The minimum atomic E-state index is -0.642. The number of ether oxygens (including phenoxy) is 1. The van der Waals surface area contributed by atoms with Gasteiger partial charge in [-0.25, -0.2) is 10.2 Å². The van der Waals surface area contributed by atoms with Gasteiger partial charge >= 0.3 is 6.03 Å². The van der Waals surface area contributed by atoms with Crippen molar-refractivity contribution in [3.05, 3.63) is 60.2 Å². The van der Waals surface area contributed by atoms with Crippen molar-refractivity contribution in [2.24, 2.45) is 5.73 Å². The number of nitrogens with zero attached hydrogens (tertiary/aromatic N) is 1. The number of rotatable bonds is 4. The van der Waals surface area contributed by atoms with Crippen LogP contribution in [0.2, 0.25) is 0 Å². The maximum Gasteiger partial charge on any atom is 0.336 e. The lowest BCUT2D eigenvalue weighted by molar-refractivity contribution is -0.121. The Labute approximate surface area is 156 Å². The summed E-state index contributed by atoms with van der Waals surface area (Å²) in [6, 6.07) is 14.6. The highest BCUT2D eigenvalue weighted by molar-refractivity contribution is 5.95. The van der Waals surface area contributed by atoms with Crippen LogP contribution in [0.5, 0.6) is 11.5 Å². The molecule has 0 saturated carbocycles. The largest absolute Gasteiger partial charge is 0.457 e. The fourth-order valence-corrected chi connectivity index (χ4v) is 2.86. The van der Waals surface area contributed by atoms with Crippen molar-refractivity contribution >= 4 is 17.8 Å². The van der Waals surface area contributed by atoms with Crippen molar-refractivity contribution in [2.45, 2.75) is 18.9 Å². The third-order valence-electron chi connectivity index (χ3n) is 4.22. The van der Waals surface area contributed by atoms with Crippen LogP contribution in [0.25, 0.3) is 0 Å². The van der Waals surface area contributed by atoms with E-state index in [0.29, 0.717) is 36.4 Å². The van der Waals surface area contributed by atoms with Gasteiger partial charge in [0.1, 0.15) is 17.5 Å². The molecule has 1 saturated heterocycles. The van der Waals surface area contributed by atoms with E-state index in [4.69, 9.17) is 10.5 Å². The van der Waals surface area contributed by atoms with Crippen LogP contribution in [0.3, 0.4) is 0 Å². The van der Waals surface area contributed by atoms with Gasteiger partial charge in [0.2, 0.25) is 5.91 Å². The van der Waals surface area contributed by atoms with Gasteiger partial charge in [0.05, 0.1) is 0 Å². The van der Waals surface area contributed by atoms with Crippen LogP contribution in [0, 0.1) is 0 Å². The van der Waals surface area contributed by atoms with E-state index in [0.717, 1.165) is 0 Å². The van der Waals surface area contributed by atoms with Gasteiger partial charge in [-0.15, -0.1) is 0 Å². The quantitative estimate of drug-likeness (QED) is 0.714. The minimum absolute atomic E-state index is 0.351. The number of carbonyl (C=O) groups excluding carboxylic acids is 3. The lowest BCUT2D eigenvalue weighted by Crippen LogP contribution is -2.53. The Morgan fingerprint density at radius 3 is 2.30 bits per heavy atom. The van der Waals surface area contributed by atoms with Crippen LogP contribution in [0.15, 0.2) is 54.6 Å². The van der Waals surface area contributed by atoms with Gasteiger partial charge in [-0.05, 0) is 49.2 Å². The van der Waals surface area contributed by atoms with Crippen molar-refractivity contribution in [3.63, 3.8) is 0 Å². The first-order valence-corrected chi connectivity index (χ1v) is 8.54. The first-order valence-electron chi connectivity index (χ1n) is 8.54. The molecular formula is C19H20N4O4. The molecule has 140 valence electrons. The smallest absolute Gasteiger partial charge is 0.336 e. The third-order valence-corrected chi connectivity index (χ3v) is 4.22. The number of hydrogen-bond acceptors (Lipinski definition) is 4. The molecule has 0 bridgehead atoms. The highest BCUT2D eigenvalue weighted by atomic mass is 16.5. The number of para-hydroxylation sites is 1. The zero-order valence-corrected chi connectivity index (χ0v) is 14.6. The predicted octanol–water partition coefficient (Wildman–Crippen LogP) is 1.78. The molecule has 8 nitrogen and oxygen atoms in total. The lowest BCUT2D eigenvalue weighted by atomic mass is 10.2. The Hall–Kier alpha value is -3.55. The summed E-state index contributed by atoms with van der Waals surface area (Å²) in [7, 11) is 0. The fraction of sp³-hybridized carbons (Fsp3) is 0.211. The topological polar surface area (TPSA) is 114 Å². The molecule has 0 aliphatic carbocycles. The van der Waals surface area contributed by atoms with Crippen molar-refractivity contribution < 1.29 is 19.1 Å². The Morgan fingerprint density at radius 2 is 1.63 bits per heavy atom. The Kier molecular flexibility index (Phi) is 5.55. The molecule has 1 heterocycles. The molecule has 4 amide bonds. The third kappa shape index (κ3) is 4.55. The Bertz CT molecular complexity index is 823. The molecule has 1 atom stereocenters. The summed E-state index contributed by atoms with van der Waals surface area (Å²) in [5.74, 6) is 0.243. The molecule has 1 aliphatic heterocycles. The number of amides is 4. The molecule has 0 radical (unpaired) electrons. The van der Waals surface area contributed by atoms with Crippen molar-refractivity contribution in [1.82, 2.24) is 15.8 Å². The lowest BCUT2D eigenvalue weighted by Gasteiger charge is -2.22. The van der Waals surface area contributed by atoms with Gasteiger partial charge in [-0.3, -0.25) is 15.0 Å². The van der Waals surface area contributed by atoms with Gasteiger partial charge in [0.25, 0.3) is 5.91 Å². The monoisotopic (exact) mass is 368 g/mol. The molecule has 0 aromatic heterocycles. The normalized spacial score (nSPS) is 15.9. The first kappa shape index (κ1) is 18.2. The molecule has 2 aromatic carbocycles. The molecule has 1 fully saturated rings. The summed E-state index contributed by atoms with van der Waals surface area (Å²) in [4.78, 5) is 37.0. The van der Waals surface area contributed by atoms with Crippen LogP contribution in [-0.4, -0.2) is 35.3 Å². The second kappa shape index (κ2) is 8.22.